The standard InChI is InChI=1S/C27H31NO5/c1-2-32-16-17-33-26-18-23(12-13-24(26)27(30)31)21-10-8-20(9-11-21)14-15-28-19-25(29)22-6-4-3-5-7-22/h3-13,18,25,28-29H,2,14-17,19H2,1H3,(H,30,31)/t25-/m0/s1. The molecule has 3 aromatic rings. The van der Waals surface area contributed by atoms with Crippen LogP contribution in [0.5, 0.6) is 5.75 Å². The molecule has 174 valence electrons. The molecule has 3 aromatic carbocycles. The zero-order valence-electron chi connectivity index (χ0n) is 18.9. The van der Waals surface area contributed by atoms with Gasteiger partial charge in [0.15, 0.2) is 0 Å². The van der Waals surface area contributed by atoms with Gasteiger partial charge in [-0.3, -0.25) is 0 Å². The van der Waals surface area contributed by atoms with Gasteiger partial charge in [0.1, 0.15) is 17.9 Å². The van der Waals surface area contributed by atoms with Gasteiger partial charge in [0.25, 0.3) is 0 Å². The van der Waals surface area contributed by atoms with Crippen LogP contribution in [0.3, 0.4) is 0 Å². The van der Waals surface area contributed by atoms with E-state index in [0.29, 0.717) is 32.1 Å². The van der Waals surface area contributed by atoms with E-state index in [0.717, 1.165) is 29.7 Å². The number of rotatable bonds is 13. The van der Waals surface area contributed by atoms with Gasteiger partial charge < -0.3 is 25.0 Å². The van der Waals surface area contributed by atoms with E-state index in [4.69, 9.17) is 9.47 Å². The predicted octanol–water partition coefficient (Wildman–Crippen LogP) is 4.33. The monoisotopic (exact) mass is 449 g/mol. The molecule has 0 bridgehead atoms. The molecule has 0 heterocycles. The summed E-state index contributed by atoms with van der Waals surface area (Å²) in [6.07, 6.45) is 0.318. The summed E-state index contributed by atoms with van der Waals surface area (Å²) in [6.45, 7) is 4.45. The van der Waals surface area contributed by atoms with Crippen molar-refractivity contribution in [2.45, 2.75) is 19.4 Å². The minimum atomic E-state index is -1.02. The van der Waals surface area contributed by atoms with Crippen molar-refractivity contribution in [3.05, 3.63) is 89.5 Å². The highest BCUT2D eigenvalue weighted by Crippen LogP contribution is 2.28. The van der Waals surface area contributed by atoms with Crippen LogP contribution in [0.25, 0.3) is 11.1 Å². The van der Waals surface area contributed by atoms with E-state index in [9.17, 15) is 15.0 Å². The van der Waals surface area contributed by atoms with Crippen LogP contribution in [0.1, 0.15) is 34.5 Å². The first kappa shape index (κ1) is 24.5. The molecule has 0 fully saturated rings. The highest BCUT2D eigenvalue weighted by molar-refractivity contribution is 5.92. The lowest BCUT2D eigenvalue weighted by molar-refractivity contribution is 0.0687. The summed E-state index contributed by atoms with van der Waals surface area (Å²) < 4.78 is 10.9. The van der Waals surface area contributed by atoms with Crippen molar-refractivity contribution in [2.75, 3.05) is 32.9 Å². The third-order valence-corrected chi connectivity index (χ3v) is 5.30. The Hall–Kier alpha value is -3.19. The van der Waals surface area contributed by atoms with Gasteiger partial charge >= 0.3 is 5.97 Å². The molecule has 0 amide bonds. The van der Waals surface area contributed by atoms with Crippen LogP contribution < -0.4 is 10.1 Å². The quantitative estimate of drug-likeness (QED) is 0.337. The largest absolute Gasteiger partial charge is 0.490 e. The SMILES string of the molecule is CCOCCOc1cc(-c2ccc(CCNC[C@H](O)c3ccccc3)cc2)ccc1C(=O)O. The Morgan fingerprint density at radius 2 is 1.70 bits per heavy atom. The van der Waals surface area contributed by atoms with E-state index in [2.05, 4.69) is 17.4 Å². The number of carbonyl (C=O) groups is 1. The van der Waals surface area contributed by atoms with Gasteiger partial charge in [0.2, 0.25) is 0 Å². The molecule has 33 heavy (non-hydrogen) atoms. The highest BCUT2D eigenvalue weighted by atomic mass is 16.5. The molecule has 1 atom stereocenters. The second kappa shape index (κ2) is 12.7. The number of aliphatic hydroxyl groups excluding tert-OH is 1. The van der Waals surface area contributed by atoms with Crippen molar-refractivity contribution in [1.82, 2.24) is 5.32 Å². The maximum Gasteiger partial charge on any atom is 0.339 e. The number of nitrogens with one attached hydrogen (secondary N) is 1. The van der Waals surface area contributed by atoms with Crippen LogP contribution in [0.4, 0.5) is 0 Å². The third kappa shape index (κ3) is 7.43. The summed E-state index contributed by atoms with van der Waals surface area (Å²) in [4.78, 5) is 11.5. The summed E-state index contributed by atoms with van der Waals surface area (Å²) in [5, 5.41) is 23.0. The second-order valence-corrected chi connectivity index (χ2v) is 7.64. The second-order valence-electron chi connectivity index (χ2n) is 7.64. The van der Waals surface area contributed by atoms with E-state index in [-0.39, 0.29) is 5.56 Å². The third-order valence-electron chi connectivity index (χ3n) is 5.30. The van der Waals surface area contributed by atoms with Crippen molar-refractivity contribution in [3.8, 4) is 16.9 Å². The Bertz CT molecular complexity index is 1000. The van der Waals surface area contributed by atoms with Gasteiger partial charge in [0, 0.05) is 13.2 Å². The van der Waals surface area contributed by atoms with Crippen molar-refractivity contribution in [1.29, 1.82) is 0 Å². The summed E-state index contributed by atoms with van der Waals surface area (Å²) in [7, 11) is 0. The first-order valence-electron chi connectivity index (χ1n) is 11.2. The molecule has 0 saturated heterocycles. The number of benzene rings is 3. The molecule has 3 rings (SSSR count). The molecule has 0 spiro atoms. The summed E-state index contributed by atoms with van der Waals surface area (Å²) in [5.74, 6) is -0.682. The molecule has 3 N–H and O–H groups in total. The number of carboxylic acids is 1. The molecule has 0 aromatic heterocycles. The number of hydrogen-bond donors (Lipinski definition) is 3. The van der Waals surface area contributed by atoms with Crippen LogP contribution in [0.2, 0.25) is 0 Å². The average molecular weight is 450 g/mol. The van der Waals surface area contributed by atoms with E-state index in [1.165, 1.54) is 5.56 Å². The molecular weight excluding hydrogens is 418 g/mol. The molecular formula is C27H31NO5. The normalized spacial score (nSPS) is 11.8. The van der Waals surface area contributed by atoms with Crippen LogP contribution in [0, 0.1) is 0 Å². The first-order valence-corrected chi connectivity index (χ1v) is 11.2. The molecule has 6 nitrogen and oxygen atoms in total. The zero-order valence-corrected chi connectivity index (χ0v) is 18.9. The molecule has 0 aliphatic heterocycles. The highest BCUT2D eigenvalue weighted by Gasteiger charge is 2.13. The van der Waals surface area contributed by atoms with Crippen molar-refractivity contribution in [2.24, 2.45) is 0 Å². The van der Waals surface area contributed by atoms with E-state index < -0.39 is 12.1 Å². The molecule has 0 radical (unpaired) electrons. The first-order chi connectivity index (χ1) is 16.1. The molecule has 0 aliphatic carbocycles. The molecule has 0 unspecified atom stereocenters. The smallest absolute Gasteiger partial charge is 0.339 e. The fourth-order valence-electron chi connectivity index (χ4n) is 3.48. The molecule has 6 heteroatoms. The maximum atomic E-state index is 11.5. The van der Waals surface area contributed by atoms with Crippen LogP contribution in [-0.2, 0) is 11.2 Å². The lowest BCUT2D eigenvalue weighted by Crippen LogP contribution is -2.23. The topological polar surface area (TPSA) is 88.0 Å². The lowest BCUT2D eigenvalue weighted by atomic mass is 10.0. The number of aliphatic hydroxyl groups is 1. The van der Waals surface area contributed by atoms with Crippen LogP contribution >= 0.6 is 0 Å². The van der Waals surface area contributed by atoms with Crippen molar-refractivity contribution >= 4 is 5.97 Å². The Kier molecular flexibility index (Phi) is 9.44. The van der Waals surface area contributed by atoms with E-state index in [1.807, 2.05) is 49.4 Å². The fourth-order valence-corrected chi connectivity index (χ4v) is 3.48. The van der Waals surface area contributed by atoms with Crippen molar-refractivity contribution in [3.63, 3.8) is 0 Å². The number of ether oxygens (including phenoxy) is 2. The lowest BCUT2D eigenvalue weighted by Gasteiger charge is -2.13. The molecule has 0 saturated carbocycles. The van der Waals surface area contributed by atoms with Gasteiger partial charge in [-0.2, -0.15) is 0 Å². The molecule has 0 aliphatic rings. The average Bonchev–Trinajstić information content (AvgIpc) is 2.85. The Labute approximate surface area is 194 Å². The van der Waals surface area contributed by atoms with Crippen molar-refractivity contribution < 1.29 is 24.5 Å². The van der Waals surface area contributed by atoms with Crippen LogP contribution in [-0.4, -0.2) is 49.1 Å². The van der Waals surface area contributed by atoms with Gasteiger partial charge in [-0.1, -0.05) is 60.7 Å². The Balaban J connectivity index is 1.55. The van der Waals surface area contributed by atoms with Crippen LogP contribution in [0.15, 0.2) is 72.8 Å². The summed E-state index contributed by atoms with van der Waals surface area (Å²) in [5.41, 5.74) is 4.09. The minimum absolute atomic E-state index is 0.135. The Morgan fingerprint density at radius 1 is 0.970 bits per heavy atom. The van der Waals surface area contributed by atoms with Gasteiger partial charge in [-0.25, -0.2) is 4.79 Å². The summed E-state index contributed by atoms with van der Waals surface area (Å²) in [6, 6.07) is 22.9. The summed E-state index contributed by atoms with van der Waals surface area (Å²) >= 11 is 0. The fraction of sp³-hybridized carbons (Fsp3) is 0.296. The van der Waals surface area contributed by atoms with Gasteiger partial charge in [-0.05, 0) is 54.3 Å². The van der Waals surface area contributed by atoms with E-state index in [1.54, 1.807) is 18.2 Å². The number of hydrogen-bond acceptors (Lipinski definition) is 5. The maximum absolute atomic E-state index is 11.5. The number of carboxylic acid groups (broad SMARTS) is 1. The van der Waals surface area contributed by atoms with Gasteiger partial charge in [-0.15, -0.1) is 0 Å². The predicted molar refractivity (Wildman–Crippen MR) is 129 cm³/mol. The zero-order chi connectivity index (χ0) is 23.5. The minimum Gasteiger partial charge on any atom is -0.490 e. The van der Waals surface area contributed by atoms with E-state index >= 15 is 0 Å². The van der Waals surface area contributed by atoms with Gasteiger partial charge in [0.05, 0.1) is 12.7 Å². The number of aromatic carboxylic acids is 1. The Morgan fingerprint density at radius 3 is 2.39 bits per heavy atom.